The van der Waals surface area contributed by atoms with E-state index in [2.05, 4.69) is 9.97 Å². The molecular weight excluding hydrogens is 491 g/mol. The quantitative estimate of drug-likeness (QED) is 0.225. The highest BCUT2D eigenvalue weighted by molar-refractivity contribution is 5.80. The zero-order valence-corrected chi connectivity index (χ0v) is 20.2. The van der Waals surface area contributed by atoms with Crippen molar-refractivity contribution in [2.24, 2.45) is 5.73 Å². The third-order valence-electron chi connectivity index (χ3n) is 6.34. The smallest absolute Gasteiger partial charge is 0.419 e. The van der Waals surface area contributed by atoms with Gasteiger partial charge in [0.05, 0.1) is 16.6 Å². The van der Waals surface area contributed by atoms with Gasteiger partial charge in [0.25, 0.3) is 0 Å². The highest BCUT2D eigenvalue weighted by Gasteiger charge is 2.34. The minimum atomic E-state index is -4.51. The number of halogens is 3. The first-order valence-electron chi connectivity index (χ1n) is 12.1. The van der Waals surface area contributed by atoms with E-state index in [-0.39, 0.29) is 29.7 Å². The Balaban J connectivity index is 1.40. The number of para-hydroxylation sites is 1. The van der Waals surface area contributed by atoms with Gasteiger partial charge in [-0.1, -0.05) is 48.5 Å². The lowest BCUT2D eigenvalue weighted by molar-refractivity contribution is -0.138. The fourth-order valence-electron chi connectivity index (χ4n) is 4.48. The van der Waals surface area contributed by atoms with E-state index in [4.69, 9.17) is 10.5 Å². The zero-order chi connectivity index (χ0) is 26.7. The number of carbonyl (C=O) groups excluding carboxylic acids is 1. The molecule has 5 rings (SSSR count). The van der Waals surface area contributed by atoms with Crippen LogP contribution in [0, 0.1) is 0 Å². The van der Waals surface area contributed by atoms with Crippen LogP contribution in [0.5, 0.6) is 11.5 Å². The second-order valence-electron chi connectivity index (χ2n) is 8.95. The molecule has 0 spiro atoms. The van der Waals surface area contributed by atoms with Gasteiger partial charge in [0.2, 0.25) is 5.91 Å². The van der Waals surface area contributed by atoms with E-state index in [1.807, 2.05) is 48.5 Å². The van der Waals surface area contributed by atoms with E-state index in [0.29, 0.717) is 12.2 Å². The summed E-state index contributed by atoms with van der Waals surface area (Å²) in [4.78, 5) is 19.5. The van der Waals surface area contributed by atoms with E-state index in [0.717, 1.165) is 33.8 Å². The van der Waals surface area contributed by atoms with Crippen LogP contribution in [0.3, 0.4) is 0 Å². The number of H-pyrrole nitrogens is 1. The third-order valence-corrected chi connectivity index (χ3v) is 6.34. The van der Waals surface area contributed by atoms with Crippen molar-refractivity contribution in [2.45, 2.75) is 24.9 Å². The number of alkyl halides is 3. The number of nitrogens with one attached hydrogen (secondary N) is 1. The number of imidazole rings is 1. The number of fused-ring (bicyclic) bond motifs is 1. The fraction of sp³-hybridized carbons (Fsp3) is 0.133. The number of hydrogen-bond donors (Lipinski definition) is 2. The standard InChI is InChI=1S/C30H24F3N3O2/c31-30(32,33)24-8-4-5-9-27(24)38-22-13-10-20(11-14-22)29-35-25-16-12-21(18-26(25)36-29)23(15-17-28(34)37)19-6-2-1-3-7-19/h1-14,16,18,23H,15,17H2,(H2,34,37)(H,35,36). The molecule has 5 aromatic rings. The van der Waals surface area contributed by atoms with Crippen molar-refractivity contribution in [2.75, 3.05) is 0 Å². The summed E-state index contributed by atoms with van der Waals surface area (Å²) < 4.78 is 45.4. The van der Waals surface area contributed by atoms with Crippen molar-refractivity contribution in [3.63, 3.8) is 0 Å². The number of benzene rings is 4. The summed E-state index contributed by atoms with van der Waals surface area (Å²) in [7, 11) is 0. The maximum atomic E-state index is 13.3. The number of ether oxygens (including phenoxy) is 1. The average molecular weight is 516 g/mol. The average Bonchev–Trinajstić information content (AvgIpc) is 3.33. The predicted molar refractivity (Wildman–Crippen MR) is 140 cm³/mol. The predicted octanol–water partition coefficient (Wildman–Crippen LogP) is 7.44. The first kappa shape index (κ1) is 25.1. The van der Waals surface area contributed by atoms with Crippen LogP contribution in [0.4, 0.5) is 13.2 Å². The summed E-state index contributed by atoms with van der Waals surface area (Å²) in [6.45, 7) is 0. The van der Waals surface area contributed by atoms with E-state index in [1.54, 1.807) is 24.3 Å². The molecule has 8 heteroatoms. The molecule has 1 heterocycles. The molecule has 0 fully saturated rings. The van der Waals surface area contributed by atoms with Gasteiger partial charge in [-0.15, -0.1) is 0 Å². The molecule has 1 amide bonds. The summed E-state index contributed by atoms with van der Waals surface area (Å²) in [5.74, 6) is 0.297. The van der Waals surface area contributed by atoms with Crippen molar-refractivity contribution in [3.05, 3.63) is 114 Å². The second-order valence-corrected chi connectivity index (χ2v) is 8.95. The van der Waals surface area contributed by atoms with Gasteiger partial charge in [-0.25, -0.2) is 4.98 Å². The van der Waals surface area contributed by atoms with Gasteiger partial charge in [0.15, 0.2) is 0 Å². The largest absolute Gasteiger partial charge is 0.457 e. The maximum Gasteiger partial charge on any atom is 0.419 e. The molecule has 3 N–H and O–H groups in total. The number of amides is 1. The Morgan fingerprint density at radius 2 is 1.61 bits per heavy atom. The summed E-state index contributed by atoms with van der Waals surface area (Å²) in [6.07, 6.45) is -3.65. The molecule has 0 saturated heterocycles. The van der Waals surface area contributed by atoms with E-state index < -0.39 is 11.7 Å². The molecule has 0 aliphatic carbocycles. The Bertz CT molecular complexity index is 1560. The van der Waals surface area contributed by atoms with Crippen molar-refractivity contribution in [1.82, 2.24) is 9.97 Å². The molecule has 4 aromatic carbocycles. The lowest BCUT2D eigenvalue weighted by Crippen LogP contribution is -2.12. The van der Waals surface area contributed by atoms with Crippen LogP contribution >= 0.6 is 0 Å². The number of primary amides is 1. The Morgan fingerprint density at radius 3 is 2.32 bits per heavy atom. The molecule has 5 nitrogen and oxygen atoms in total. The normalized spacial score (nSPS) is 12.4. The van der Waals surface area contributed by atoms with E-state index >= 15 is 0 Å². The SMILES string of the molecule is NC(=O)CCC(c1ccccc1)c1ccc2nc(-c3ccc(Oc4ccccc4C(F)(F)F)cc3)[nH]c2c1. The van der Waals surface area contributed by atoms with Crippen LogP contribution in [0.15, 0.2) is 97.1 Å². The van der Waals surface area contributed by atoms with Gasteiger partial charge in [-0.05, 0) is 66.1 Å². The number of hydrogen-bond acceptors (Lipinski definition) is 3. The van der Waals surface area contributed by atoms with E-state index in [1.165, 1.54) is 18.2 Å². The van der Waals surface area contributed by atoms with Crippen molar-refractivity contribution in [1.29, 1.82) is 0 Å². The van der Waals surface area contributed by atoms with Crippen LogP contribution < -0.4 is 10.5 Å². The van der Waals surface area contributed by atoms with Gasteiger partial charge in [-0.3, -0.25) is 4.79 Å². The first-order chi connectivity index (χ1) is 18.3. The number of aromatic nitrogens is 2. The minimum Gasteiger partial charge on any atom is -0.457 e. The summed E-state index contributed by atoms with van der Waals surface area (Å²) in [5, 5.41) is 0. The number of nitrogens with zero attached hydrogens (tertiary/aromatic N) is 1. The van der Waals surface area contributed by atoms with Gasteiger partial charge in [-0.2, -0.15) is 13.2 Å². The molecule has 0 aliphatic rings. The number of carbonyl (C=O) groups is 1. The van der Waals surface area contributed by atoms with Crippen LogP contribution in [-0.4, -0.2) is 15.9 Å². The molecule has 0 aliphatic heterocycles. The number of rotatable bonds is 8. The monoisotopic (exact) mass is 515 g/mol. The molecule has 38 heavy (non-hydrogen) atoms. The van der Waals surface area contributed by atoms with Crippen molar-refractivity contribution < 1.29 is 22.7 Å². The molecule has 0 saturated carbocycles. The Morgan fingerprint density at radius 1 is 0.895 bits per heavy atom. The molecular formula is C30H24F3N3O2. The fourth-order valence-corrected chi connectivity index (χ4v) is 4.48. The topological polar surface area (TPSA) is 81.0 Å². The zero-order valence-electron chi connectivity index (χ0n) is 20.2. The Labute approximate surface area is 217 Å². The molecule has 1 atom stereocenters. The summed E-state index contributed by atoms with van der Waals surface area (Å²) in [5.41, 5.74) is 9.07. The number of aromatic amines is 1. The highest BCUT2D eigenvalue weighted by atomic mass is 19.4. The van der Waals surface area contributed by atoms with Crippen LogP contribution in [0.25, 0.3) is 22.4 Å². The Hall–Kier alpha value is -4.59. The molecule has 1 aromatic heterocycles. The Kier molecular flexibility index (Phi) is 6.87. The maximum absolute atomic E-state index is 13.3. The summed E-state index contributed by atoms with van der Waals surface area (Å²) >= 11 is 0. The molecule has 0 radical (unpaired) electrons. The van der Waals surface area contributed by atoms with Gasteiger partial charge >= 0.3 is 6.18 Å². The highest BCUT2D eigenvalue weighted by Crippen LogP contribution is 2.38. The number of nitrogens with two attached hydrogens (primary N) is 1. The first-order valence-corrected chi connectivity index (χ1v) is 12.1. The van der Waals surface area contributed by atoms with Crippen molar-refractivity contribution >= 4 is 16.9 Å². The second kappa shape index (κ2) is 10.4. The van der Waals surface area contributed by atoms with Crippen LogP contribution in [0.1, 0.15) is 35.4 Å². The molecule has 0 bridgehead atoms. The molecule has 1 unspecified atom stereocenters. The van der Waals surface area contributed by atoms with Gasteiger partial charge in [0.1, 0.15) is 17.3 Å². The van der Waals surface area contributed by atoms with Crippen molar-refractivity contribution in [3.8, 4) is 22.9 Å². The lowest BCUT2D eigenvalue weighted by atomic mass is 9.87. The van der Waals surface area contributed by atoms with E-state index in [9.17, 15) is 18.0 Å². The lowest BCUT2D eigenvalue weighted by Gasteiger charge is -2.17. The minimum absolute atomic E-state index is 0.00384. The third kappa shape index (κ3) is 5.54. The van der Waals surface area contributed by atoms with Gasteiger partial charge < -0.3 is 15.5 Å². The van der Waals surface area contributed by atoms with Crippen LogP contribution in [-0.2, 0) is 11.0 Å². The van der Waals surface area contributed by atoms with Gasteiger partial charge in [0, 0.05) is 17.9 Å². The van der Waals surface area contributed by atoms with Crippen LogP contribution in [0.2, 0.25) is 0 Å². The molecule has 192 valence electrons. The summed E-state index contributed by atoms with van der Waals surface area (Å²) in [6, 6.07) is 27.7.